The average Bonchev–Trinajstić information content (AvgIpc) is 3.39. The maximum absolute atomic E-state index is 14.1. The van der Waals surface area contributed by atoms with Gasteiger partial charge in [-0.05, 0) is 25.0 Å². The number of piperazine rings is 1. The zero-order chi connectivity index (χ0) is 26.4. The van der Waals surface area contributed by atoms with Crippen LogP contribution in [-0.2, 0) is 4.74 Å². The van der Waals surface area contributed by atoms with Gasteiger partial charge >= 0.3 is 0 Å². The number of ether oxygens (including phenoxy) is 2. The van der Waals surface area contributed by atoms with E-state index in [1.807, 2.05) is 70.1 Å². The minimum Gasteiger partial charge on any atom is -0.494 e. The monoisotopic (exact) mass is 518 g/mol. The fourth-order valence-corrected chi connectivity index (χ4v) is 5.91. The molecule has 3 aromatic rings. The summed E-state index contributed by atoms with van der Waals surface area (Å²) >= 11 is 0. The van der Waals surface area contributed by atoms with Gasteiger partial charge in [-0.15, -0.1) is 0 Å². The first-order valence-corrected chi connectivity index (χ1v) is 13.6. The molecule has 2 aliphatic rings. The third-order valence-electron chi connectivity index (χ3n) is 7.81. The van der Waals surface area contributed by atoms with Crippen molar-refractivity contribution in [1.82, 2.24) is 19.8 Å². The van der Waals surface area contributed by atoms with E-state index in [4.69, 9.17) is 14.5 Å². The molecule has 0 unspecified atom stereocenters. The van der Waals surface area contributed by atoms with Crippen molar-refractivity contribution in [3.05, 3.63) is 72.7 Å². The van der Waals surface area contributed by atoms with E-state index in [1.54, 1.807) is 13.4 Å². The van der Waals surface area contributed by atoms with Gasteiger partial charge in [0.15, 0.2) is 5.69 Å². The number of aromatic nitrogens is 2. The number of imidazole rings is 1. The number of carbonyl (C=O) groups is 1. The van der Waals surface area contributed by atoms with Gasteiger partial charge in [-0.25, -0.2) is 4.98 Å². The topological polar surface area (TPSA) is 88.8 Å². The van der Waals surface area contributed by atoms with Crippen molar-refractivity contribution in [2.45, 2.75) is 49.8 Å². The lowest BCUT2D eigenvalue weighted by molar-refractivity contribution is -0.0893. The molecule has 3 atom stereocenters. The number of amides is 1. The molecule has 8 heteroatoms. The molecule has 1 saturated heterocycles. The van der Waals surface area contributed by atoms with Crippen molar-refractivity contribution in [3.8, 4) is 17.0 Å². The first kappa shape index (κ1) is 26.4. The Balaban J connectivity index is 1.43. The average molecular weight is 519 g/mol. The molecular formula is C30H38N4O4. The molecule has 1 amide bonds. The lowest BCUT2D eigenvalue weighted by Crippen LogP contribution is -2.54. The maximum atomic E-state index is 14.1. The Hall–Kier alpha value is -3.20. The Labute approximate surface area is 224 Å². The van der Waals surface area contributed by atoms with Crippen LogP contribution in [0.25, 0.3) is 11.3 Å². The highest BCUT2D eigenvalue weighted by molar-refractivity contribution is 5.98. The molecule has 0 radical (unpaired) electrons. The van der Waals surface area contributed by atoms with Crippen LogP contribution in [0, 0.1) is 0 Å². The van der Waals surface area contributed by atoms with Crippen molar-refractivity contribution in [3.63, 3.8) is 0 Å². The van der Waals surface area contributed by atoms with E-state index in [2.05, 4.69) is 5.32 Å². The molecule has 38 heavy (non-hydrogen) atoms. The number of para-hydroxylation sites is 1. The van der Waals surface area contributed by atoms with Crippen LogP contribution in [0.4, 0.5) is 0 Å². The van der Waals surface area contributed by atoms with Gasteiger partial charge < -0.3 is 29.4 Å². The van der Waals surface area contributed by atoms with E-state index >= 15 is 0 Å². The zero-order valence-corrected chi connectivity index (χ0v) is 22.1. The zero-order valence-electron chi connectivity index (χ0n) is 22.1. The Morgan fingerprint density at radius 2 is 1.89 bits per heavy atom. The molecule has 2 aromatic carbocycles. The number of hydrogen-bond acceptors (Lipinski definition) is 6. The van der Waals surface area contributed by atoms with Crippen molar-refractivity contribution in [2.24, 2.45) is 0 Å². The van der Waals surface area contributed by atoms with Crippen molar-refractivity contribution >= 4 is 5.91 Å². The Bertz CT molecular complexity index is 1180. The van der Waals surface area contributed by atoms with Crippen molar-refractivity contribution < 1.29 is 19.4 Å². The van der Waals surface area contributed by atoms with Crippen LogP contribution in [0.3, 0.4) is 0 Å². The van der Waals surface area contributed by atoms with Gasteiger partial charge in [0.05, 0.1) is 31.3 Å². The summed E-state index contributed by atoms with van der Waals surface area (Å²) in [5.74, 6) is 0.746. The molecule has 202 valence electrons. The standard InChI is InChI=1S/C30H38N4O4/c1-37-21-30(36)16-9-8-14-26(30)34-22-32-27(28(34)23-10-4-2-5-11-23)29(35)33-18-17-31-20-24(33)15-19-38-25-12-6-3-7-13-25/h2-7,10-13,22,24,26,31,36H,8-9,14-21H2,1H3/t24-,26-,30-/m1/s1. The number of rotatable bonds is 9. The molecular weight excluding hydrogens is 480 g/mol. The van der Waals surface area contributed by atoms with Crippen LogP contribution in [0.5, 0.6) is 5.75 Å². The summed E-state index contributed by atoms with van der Waals surface area (Å²) in [5.41, 5.74) is 1.09. The van der Waals surface area contributed by atoms with Crippen molar-refractivity contribution in [1.29, 1.82) is 0 Å². The fourth-order valence-electron chi connectivity index (χ4n) is 5.91. The number of nitrogens with zero attached hydrogens (tertiary/aromatic N) is 3. The minimum atomic E-state index is -1.01. The number of hydrogen-bond donors (Lipinski definition) is 2. The smallest absolute Gasteiger partial charge is 0.275 e. The number of aliphatic hydroxyl groups is 1. The first-order chi connectivity index (χ1) is 18.6. The van der Waals surface area contributed by atoms with Gasteiger partial charge in [0.2, 0.25) is 0 Å². The summed E-state index contributed by atoms with van der Waals surface area (Å²) in [6, 6.07) is 19.4. The van der Waals surface area contributed by atoms with Crippen LogP contribution in [0.2, 0.25) is 0 Å². The van der Waals surface area contributed by atoms with Gasteiger partial charge in [-0.3, -0.25) is 4.79 Å². The third-order valence-corrected chi connectivity index (χ3v) is 7.81. The minimum absolute atomic E-state index is 0.00570. The predicted octanol–water partition coefficient (Wildman–Crippen LogP) is 3.93. The summed E-state index contributed by atoms with van der Waals surface area (Å²) in [5, 5.41) is 15.0. The van der Waals surface area contributed by atoms with Crippen LogP contribution < -0.4 is 10.1 Å². The van der Waals surface area contributed by atoms with Gasteiger partial charge in [-0.1, -0.05) is 61.4 Å². The quantitative estimate of drug-likeness (QED) is 0.446. The summed E-state index contributed by atoms with van der Waals surface area (Å²) in [7, 11) is 1.62. The first-order valence-electron chi connectivity index (χ1n) is 13.6. The molecule has 0 spiro atoms. The van der Waals surface area contributed by atoms with Gasteiger partial charge in [0.1, 0.15) is 11.4 Å². The summed E-state index contributed by atoms with van der Waals surface area (Å²) in [6.07, 6.45) is 5.87. The van der Waals surface area contributed by atoms with E-state index in [0.717, 1.165) is 42.8 Å². The molecule has 0 bridgehead atoms. The van der Waals surface area contributed by atoms with Crippen LogP contribution in [0.15, 0.2) is 67.0 Å². The summed E-state index contributed by atoms with van der Waals surface area (Å²) in [4.78, 5) is 20.8. The highest BCUT2D eigenvalue weighted by Crippen LogP contribution is 2.41. The Morgan fingerprint density at radius 1 is 1.13 bits per heavy atom. The number of carbonyl (C=O) groups excluding carboxylic acids is 1. The second-order valence-corrected chi connectivity index (χ2v) is 10.3. The highest BCUT2D eigenvalue weighted by Gasteiger charge is 2.42. The maximum Gasteiger partial charge on any atom is 0.275 e. The molecule has 1 aliphatic heterocycles. The van der Waals surface area contributed by atoms with Gasteiger partial charge in [-0.2, -0.15) is 0 Å². The van der Waals surface area contributed by atoms with E-state index in [1.165, 1.54) is 0 Å². The highest BCUT2D eigenvalue weighted by atomic mass is 16.5. The fraction of sp³-hybridized carbons (Fsp3) is 0.467. The number of methoxy groups -OCH3 is 1. The largest absolute Gasteiger partial charge is 0.494 e. The predicted molar refractivity (Wildman–Crippen MR) is 146 cm³/mol. The summed E-state index contributed by atoms with van der Waals surface area (Å²) < 4.78 is 13.4. The summed E-state index contributed by atoms with van der Waals surface area (Å²) in [6.45, 7) is 2.81. The van der Waals surface area contributed by atoms with E-state index in [-0.39, 0.29) is 24.6 Å². The normalized spacial score (nSPS) is 23.8. The molecule has 2 heterocycles. The second-order valence-electron chi connectivity index (χ2n) is 10.3. The second kappa shape index (κ2) is 12.1. The van der Waals surface area contributed by atoms with Crippen LogP contribution in [-0.4, -0.2) is 77.1 Å². The van der Waals surface area contributed by atoms with Gasteiger partial charge in [0.25, 0.3) is 5.91 Å². The van der Waals surface area contributed by atoms with E-state index in [9.17, 15) is 9.90 Å². The van der Waals surface area contributed by atoms with E-state index < -0.39 is 5.60 Å². The number of benzene rings is 2. The molecule has 2 fully saturated rings. The third kappa shape index (κ3) is 5.62. The molecule has 1 aromatic heterocycles. The molecule has 1 aliphatic carbocycles. The number of nitrogens with one attached hydrogen (secondary N) is 1. The Morgan fingerprint density at radius 3 is 2.66 bits per heavy atom. The molecule has 8 nitrogen and oxygen atoms in total. The Kier molecular flexibility index (Phi) is 8.42. The van der Waals surface area contributed by atoms with Crippen molar-refractivity contribution in [2.75, 3.05) is 40.0 Å². The lowest BCUT2D eigenvalue weighted by Gasteiger charge is -2.41. The SMILES string of the molecule is COC[C@]1(O)CCCC[C@H]1n1cnc(C(=O)N2CCNC[C@H]2CCOc2ccccc2)c1-c1ccccc1. The molecule has 1 saturated carbocycles. The van der Waals surface area contributed by atoms with Crippen LogP contribution >= 0.6 is 0 Å². The van der Waals surface area contributed by atoms with Crippen LogP contribution in [0.1, 0.15) is 48.6 Å². The molecule has 5 rings (SSSR count). The molecule has 2 N–H and O–H groups in total. The van der Waals surface area contributed by atoms with E-state index in [0.29, 0.717) is 38.2 Å². The lowest BCUT2D eigenvalue weighted by atomic mass is 9.80. The van der Waals surface area contributed by atoms with Gasteiger partial charge in [0, 0.05) is 44.8 Å².